The summed E-state index contributed by atoms with van der Waals surface area (Å²) in [6, 6.07) is 24.1. The monoisotopic (exact) mass is 489 g/mol. The predicted octanol–water partition coefficient (Wildman–Crippen LogP) is -2.79. The summed E-state index contributed by atoms with van der Waals surface area (Å²) in [5, 5.41) is 0. The number of benzene rings is 3. The van der Waals surface area contributed by atoms with E-state index in [0.29, 0.717) is 22.4 Å². The SMILES string of the molecule is CN1c2ccccc2C(=C(Oc2cc[c-]cc2)OP(=O)([O-])[O-])c2ccccc21.[Na+].[Na+].[V]. The Morgan fingerprint density at radius 2 is 1.39 bits per heavy atom. The van der Waals surface area contributed by atoms with Gasteiger partial charge in [-0.25, -0.2) is 0 Å². The molecule has 1 aliphatic heterocycles. The van der Waals surface area contributed by atoms with E-state index in [9.17, 15) is 14.4 Å². The van der Waals surface area contributed by atoms with Gasteiger partial charge in [-0.2, -0.15) is 18.2 Å². The molecule has 0 N–H and O–H groups in total. The molecule has 0 amide bonds. The predicted molar refractivity (Wildman–Crippen MR) is 102 cm³/mol. The first-order valence-electron chi connectivity index (χ1n) is 8.46. The first-order valence-corrected chi connectivity index (χ1v) is 9.92. The molecule has 10 heteroatoms. The number of nitrogens with zero attached hydrogens (tertiary/aromatic N) is 1. The van der Waals surface area contributed by atoms with Gasteiger partial charge in [0.25, 0.3) is 5.95 Å². The van der Waals surface area contributed by atoms with Gasteiger partial charge in [0.1, 0.15) is 7.82 Å². The zero-order valence-electron chi connectivity index (χ0n) is 17.3. The standard InChI is InChI=1S/C21H17NO5P.2Na.V/c1-22-18-13-7-5-11-16(18)20(17-12-6-8-14-19(17)22)21(27-28(23,24)25)26-15-9-3-2-4-10-15;;;/h3-14H,1H3,(H2,23,24,25);;;/q-1;2*+1;/p-2. The Morgan fingerprint density at radius 3 is 1.87 bits per heavy atom. The minimum atomic E-state index is -5.37. The molecular formula is C21H15NNa2O5PV-. The molecule has 1 aliphatic rings. The Morgan fingerprint density at radius 1 is 0.903 bits per heavy atom. The fraction of sp³-hybridized carbons (Fsp3) is 0.0476. The van der Waals surface area contributed by atoms with Gasteiger partial charge in [-0.1, -0.05) is 36.4 Å². The second-order valence-corrected chi connectivity index (χ2v) is 7.21. The Balaban J connectivity index is 0.00000160. The van der Waals surface area contributed by atoms with Gasteiger partial charge >= 0.3 is 59.1 Å². The van der Waals surface area contributed by atoms with Gasteiger partial charge in [-0.05, 0) is 12.1 Å². The van der Waals surface area contributed by atoms with Gasteiger partial charge < -0.3 is 28.5 Å². The molecule has 0 saturated heterocycles. The summed E-state index contributed by atoms with van der Waals surface area (Å²) in [6.07, 6.45) is 0. The van der Waals surface area contributed by atoms with Crippen LogP contribution >= 0.6 is 7.82 Å². The summed E-state index contributed by atoms with van der Waals surface area (Å²) < 4.78 is 22.0. The zero-order chi connectivity index (χ0) is 19.7. The fourth-order valence-corrected chi connectivity index (χ4v) is 3.54. The van der Waals surface area contributed by atoms with Gasteiger partial charge in [-0.3, -0.25) is 0 Å². The van der Waals surface area contributed by atoms with Crippen molar-refractivity contribution in [2.45, 2.75) is 0 Å². The van der Waals surface area contributed by atoms with Crippen molar-refractivity contribution in [1.82, 2.24) is 0 Å². The maximum atomic E-state index is 11.5. The topological polar surface area (TPSA) is 84.9 Å². The molecule has 3 aromatic rings. The van der Waals surface area contributed by atoms with E-state index >= 15 is 0 Å². The van der Waals surface area contributed by atoms with Crippen LogP contribution in [0.15, 0.2) is 78.7 Å². The van der Waals surface area contributed by atoms with Crippen LogP contribution in [0.3, 0.4) is 0 Å². The summed E-state index contributed by atoms with van der Waals surface area (Å²) >= 11 is 0. The average Bonchev–Trinajstić information content (AvgIpc) is 2.68. The fourth-order valence-electron chi connectivity index (χ4n) is 3.21. The molecule has 147 valence electrons. The maximum absolute atomic E-state index is 11.5. The van der Waals surface area contributed by atoms with Crippen LogP contribution in [0.4, 0.5) is 11.4 Å². The van der Waals surface area contributed by atoms with Crippen molar-refractivity contribution in [3.05, 3.63) is 95.9 Å². The molecular weight excluding hydrogens is 474 g/mol. The number of phosphoric acid groups is 1. The molecule has 1 heterocycles. The van der Waals surface area contributed by atoms with Crippen LogP contribution in [-0.4, -0.2) is 7.05 Å². The Kier molecular flexibility index (Phi) is 11.2. The van der Waals surface area contributed by atoms with E-state index in [1.54, 1.807) is 24.3 Å². The molecule has 0 aliphatic carbocycles. The van der Waals surface area contributed by atoms with Crippen LogP contribution in [0.5, 0.6) is 5.75 Å². The van der Waals surface area contributed by atoms with Crippen molar-refractivity contribution >= 4 is 24.8 Å². The number of anilines is 2. The molecule has 3 aromatic carbocycles. The van der Waals surface area contributed by atoms with E-state index in [0.717, 1.165) is 11.4 Å². The van der Waals surface area contributed by atoms with E-state index in [1.165, 1.54) is 0 Å². The number of rotatable bonds is 4. The van der Waals surface area contributed by atoms with Crippen molar-refractivity contribution in [1.29, 1.82) is 0 Å². The molecule has 0 bridgehead atoms. The van der Waals surface area contributed by atoms with E-state index in [-0.39, 0.29) is 83.6 Å². The number of hydrogen-bond acceptors (Lipinski definition) is 6. The van der Waals surface area contributed by atoms with Gasteiger partial charge in [0.15, 0.2) is 0 Å². The number of phosphoric ester groups is 1. The first-order chi connectivity index (χ1) is 13.4. The van der Waals surface area contributed by atoms with Crippen LogP contribution in [-0.2, 0) is 27.6 Å². The smallest absolute Gasteiger partial charge is 0.780 e. The molecule has 0 atom stereocenters. The summed E-state index contributed by atoms with van der Waals surface area (Å²) in [6.45, 7) is 0. The van der Waals surface area contributed by atoms with E-state index in [2.05, 4.69) is 6.07 Å². The molecule has 0 saturated carbocycles. The summed E-state index contributed by atoms with van der Waals surface area (Å²) in [4.78, 5) is 24.9. The van der Waals surface area contributed by atoms with E-state index < -0.39 is 7.82 Å². The minimum absolute atomic E-state index is 0. The molecule has 0 spiro atoms. The minimum Gasteiger partial charge on any atom is -0.780 e. The number of hydrogen-bond donors (Lipinski definition) is 0. The van der Waals surface area contributed by atoms with Gasteiger partial charge in [0.05, 0.1) is 5.57 Å². The molecule has 1 radical (unpaired) electrons. The Bertz CT molecular complexity index is 1060. The molecule has 6 nitrogen and oxygen atoms in total. The van der Waals surface area contributed by atoms with Crippen LogP contribution in [0, 0.1) is 6.07 Å². The van der Waals surface area contributed by atoms with Crippen molar-refractivity contribution in [2.75, 3.05) is 11.9 Å². The number of para-hydroxylation sites is 2. The van der Waals surface area contributed by atoms with Crippen LogP contribution in [0.25, 0.3) is 5.57 Å². The quantitative estimate of drug-likeness (QED) is 0.171. The normalized spacial score (nSPS) is 11.6. The van der Waals surface area contributed by atoms with Crippen molar-refractivity contribution in [3.8, 4) is 5.75 Å². The summed E-state index contributed by atoms with van der Waals surface area (Å²) in [7, 11) is -3.46. The number of ether oxygens (including phenoxy) is 1. The third-order valence-corrected chi connectivity index (χ3v) is 4.76. The van der Waals surface area contributed by atoms with Crippen molar-refractivity contribution < 1.29 is 101 Å². The van der Waals surface area contributed by atoms with Crippen molar-refractivity contribution in [2.24, 2.45) is 0 Å². The third-order valence-electron chi connectivity index (χ3n) is 4.37. The molecule has 0 aromatic heterocycles. The maximum Gasteiger partial charge on any atom is 1.00 e. The van der Waals surface area contributed by atoms with Crippen LogP contribution < -0.4 is 78.5 Å². The number of fused-ring (bicyclic) bond motifs is 2. The first kappa shape index (κ1) is 28.6. The van der Waals surface area contributed by atoms with E-state index in [4.69, 9.17) is 9.26 Å². The van der Waals surface area contributed by atoms with Crippen LogP contribution in [0.1, 0.15) is 11.1 Å². The Hall–Kier alpha value is -0.466. The molecule has 0 unspecified atom stereocenters. The van der Waals surface area contributed by atoms with Gasteiger partial charge in [-0.15, -0.1) is 12.1 Å². The second kappa shape index (κ2) is 12.1. The molecule has 4 rings (SSSR count). The third kappa shape index (κ3) is 6.54. The second-order valence-electron chi connectivity index (χ2n) is 6.13. The Labute approximate surface area is 237 Å². The van der Waals surface area contributed by atoms with Gasteiger partial charge in [0.2, 0.25) is 0 Å². The van der Waals surface area contributed by atoms with E-state index in [1.807, 2.05) is 60.5 Å². The average molecular weight is 489 g/mol. The zero-order valence-corrected chi connectivity index (χ0v) is 23.6. The van der Waals surface area contributed by atoms with Crippen molar-refractivity contribution in [3.63, 3.8) is 0 Å². The molecule has 31 heavy (non-hydrogen) atoms. The van der Waals surface area contributed by atoms with Gasteiger partial charge in [0, 0.05) is 53.9 Å². The van der Waals surface area contributed by atoms with Crippen LogP contribution in [0.2, 0.25) is 0 Å². The summed E-state index contributed by atoms with van der Waals surface area (Å²) in [5.74, 6) is -0.0591. The summed E-state index contributed by atoms with van der Waals surface area (Å²) in [5.41, 5.74) is 3.43. The molecule has 0 fully saturated rings. The largest absolute Gasteiger partial charge is 1.00 e.